The van der Waals surface area contributed by atoms with Crippen LogP contribution in [-0.4, -0.2) is 33.9 Å². The molecule has 8 heteroatoms. The molecular formula is C20H24N4O3S. The molecule has 28 heavy (non-hydrogen) atoms. The van der Waals surface area contributed by atoms with Crippen LogP contribution in [0.15, 0.2) is 30.3 Å². The number of amides is 2. The molecule has 148 valence electrons. The van der Waals surface area contributed by atoms with Crippen LogP contribution >= 0.6 is 11.8 Å². The van der Waals surface area contributed by atoms with Gasteiger partial charge in [-0.2, -0.15) is 5.26 Å². The minimum Gasteiger partial charge on any atom is -0.331 e. The molecule has 1 aromatic carbocycles. The maximum absolute atomic E-state index is 12.7. The number of para-hydroxylation sites is 1. The number of Topliss-reactive ketones (excluding diaryl/α,β-unsaturated/α-hetero) is 1. The first-order valence-corrected chi connectivity index (χ1v) is 10.4. The van der Waals surface area contributed by atoms with Gasteiger partial charge in [0.1, 0.15) is 16.7 Å². The van der Waals surface area contributed by atoms with Crippen LogP contribution in [0.2, 0.25) is 0 Å². The third kappa shape index (κ3) is 4.37. The van der Waals surface area contributed by atoms with E-state index < -0.39 is 28.1 Å². The lowest BCUT2D eigenvalue weighted by Crippen LogP contribution is -2.68. The van der Waals surface area contributed by atoms with Crippen molar-refractivity contribution in [2.75, 3.05) is 5.32 Å². The van der Waals surface area contributed by atoms with Gasteiger partial charge in [-0.1, -0.05) is 49.2 Å². The van der Waals surface area contributed by atoms with Crippen molar-refractivity contribution in [3.05, 3.63) is 30.3 Å². The standard InChI is InChI=1S/C20H24N4O3S/c1-13(25)16(18(27)22-14-8-4-2-5-9-14)28-19-23-17(26)15(12-21)20(24-19)10-6-3-7-11-20/h2,4-5,8-9,15-16,19,24H,3,6-7,10-11H2,1H3,(H,22,27)(H,23,26). The lowest BCUT2D eigenvalue weighted by molar-refractivity contribution is -0.130. The Bertz CT molecular complexity index is 786. The Hall–Kier alpha value is -2.37. The third-order valence-corrected chi connectivity index (χ3v) is 6.63. The molecule has 7 nitrogen and oxygen atoms in total. The van der Waals surface area contributed by atoms with Crippen molar-refractivity contribution in [1.29, 1.82) is 5.26 Å². The van der Waals surface area contributed by atoms with Gasteiger partial charge in [0.05, 0.1) is 6.07 Å². The molecular weight excluding hydrogens is 376 g/mol. The van der Waals surface area contributed by atoms with Gasteiger partial charge in [0.2, 0.25) is 11.8 Å². The highest BCUT2D eigenvalue weighted by atomic mass is 32.2. The summed E-state index contributed by atoms with van der Waals surface area (Å²) in [5.74, 6) is -1.83. The Morgan fingerprint density at radius 3 is 2.54 bits per heavy atom. The number of rotatable bonds is 5. The number of benzene rings is 1. The highest BCUT2D eigenvalue weighted by molar-refractivity contribution is 8.01. The Morgan fingerprint density at radius 1 is 1.25 bits per heavy atom. The molecule has 0 radical (unpaired) electrons. The Balaban J connectivity index is 1.74. The average molecular weight is 401 g/mol. The Morgan fingerprint density at radius 2 is 1.93 bits per heavy atom. The molecule has 1 saturated carbocycles. The van der Waals surface area contributed by atoms with E-state index in [1.54, 1.807) is 24.3 Å². The second kappa shape index (κ2) is 8.76. The monoisotopic (exact) mass is 400 g/mol. The van der Waals surface area contributed by atoms with Crippen LogP contribution in [0, 0.1) is 17.2 Å². The first-order chi connectivity index (χ1) is 13.4. The van der Waals surface area contributed by atoms with E-state index in [2.05, 4.69) is 22.0 Å². The van der Waals surface area contributed by atoms with E-state index in [1.165, 1.54) is 6.92 Å². The maximum Gasteiger partial charge on any atom is 0.245 e. The molecule has 2 amide bonds. The quantitative estimate of drug-likeness (QED) is 0.653. The number of carbonyl (C=O) groups excluding carboxylic acids is 3. The van der Waals surface area contributed by atoms with Gasteiger partial charge in [-0.05, 0) is 31.9 Å². The van der Waals surface area contributed by atoms with Crippen LogP contribution in [0.4, 0.5) is 5.69 Å². The molecule has 2 aliphatic rings. The summed E-state index contributed by atoms with van der Waals surface area (Å²) in [5, 5.41) is 17.4. The molecule has 1 aromatic rings. The van der Waals surface area contributed by atoms with Crippen LogP contribution in [0.25, 0.3) is 0 Å². The third-order valence-electron chi connectivity index (χ3n) is 5.30. The largest absolute Gasteiger partial charge is 0.331 e. The van der Waals surface area contributed by atoms with Gasteiger partial charge in [0.25, 0.3) is 0 Å². The predicted octanol–water partition coefficient (Wildman–Crippen LogP) is 2.16. The molecule has 2 fully saturated rings. The van der Waals surface area contributed by atoms with Crippen LogP contribution in [0.3, 0.4) is 0 Å². The summed E-state index contributed by atoms with van der Waals surface area (Å²) in [6.45, 7) is 1.36. The smallest absolute Gasteiger partial charge is 0.245 e. The summed E-state index contributed by atoms with van der Waals surface area (Å²) in [7, 11) is 0. The second-order valence-electron chi connectivity index (χ2n) is 7.29. The molecule has 1 saturated heterocycles. The number of nitrogens with zero attached hydrogens (tertiary/aromatic N) is 1. The van der Waals surface area contributed by atoms with Crippen LogP contribution in [0.1, 0.15) is 39.0 Å². The fraction of sp³-hybridized carbons (Fsp3) is 0.500. The average Bonchev–Trinajstić information content (AvgIpc) is 2.67. The number of nitrogens with one attached hydrogen (secondary N) is 3. The van der Waals surface area contributed by atoms with Crippen molar-refractivity contribution >= 4 is 35.0 Å². The summed E-state index contributed by atoms with van der Waals surface area (Å²) in [6, 6.07) is 11.1. The second-order valence-corrected chi connectivity index (χ2v) is 8.51. The number of hydrogen-bond acceptors (Lipinski definition) is 6. The van der Waals surface area contributed by atoms with Gasteiger partial charge >= 0.3 is 0 Å². The topological polar surface area (TPSA) is 111 Å². The van der Waals surface area contributed by atoms with Crippen LogP contribution in [0.5, 0.6) is 0 Å². The lowest BCUT2D eigenvalue weighted by atomic mass is 9.72. The van der Waals surface area contributed by atoms with Gasteiger partial charge in [0.15, 0.2) is 5.78 Å². The first kappa shape index (κ1) is 20.4. The Labute approximate surface area is 168 Å². The molecule has 1 spiro atoms. The molecule has 1 aliphatic carbocycles. The van der Waals surface area contributed by atoms with Crippen molar-refractivity contribution in [1.82, 2.24) is 10.6 Å². The van der Waals surface area contributed by atoms with Gasteiger partial charge in [-0.3, -0.25) is 19.7 Å². The SMILES string of the molecule is CC(=O)C(SC1NC(=O)C(C#N)C2(CCCCC2)N1)C(=O)Nc1ccccc1. The van der Waals surface area contributed by atoms with Crippen molar-refractivity contribution in [3.63, 3.8) is 0 Å². The lowest BCUT2D eigenvalue weighted by Gasteiger charge is -2.47. The number of hydrogen-bond donors (Lipinski definition) is 3. The van der Waals surface area contributed by atoms with Gasteiger partial charge in [-0.15, -0.1) is 0 Å². The van der Waals surface area contributed by atoms with Crippen molar-refractivity contribution in [2.24, 2.45) is 5.92 Å². The molecule has 3 unspecified atom stereocenters. The minimum absolute atomic E-state index is 0.297. The van der Waals surface area contributed by atoms with Crippen molar-refractivity contribution in [2.45, 2.75) is 55.3 Å². The van der Waals surface area contributed by atoms with Crippen LogP contribution in [-0.2, 0) is 14.4 Å². The zero-order valence-corrected chi connectivity index (χ0v) is 16.6. The van der Waals surface area contributed by atoms with E-state index in [4.69, 9.17) is 0 Å². The van der Waals surface area contributed by atoms with Crippen LogP contribution < -0.4 is 16.0 Å². The van der Waals surface area contributed by atoms with E-state index in [0.29, 0.717) is 5.69 Å². The van der Waals surface area contributed by atoms with E-state index in [0.717, 1.165) is 43.9 Å². The van der Waals surface area contributed by atoms with E-state index in [9.17, 15) is 19.6 Å². The molecule has 3 atom stereocenters. The van der Waals surface area contributed by atoms with Gasteiger partial charge in [-0.25, -0.2) is 0 Å². The summed E-state index contributed by atoms with van der Waals surface area (Å²) in [6.07, 6.45) is 4.44. The summed E-state index contributed by atoms with van der Waals surface area (Å²) >= 11 is 1.07. The summed E-state index contributed by atoms with van der Waals surface area (Å²) < 4.78 is 0. The molecule has 0 bridgehead atoms. The zero-order chi connectivity index (χ0) is 20.1. The van der Waals surface area contributed by atoms with E-state index in [-0.39, 0.29) is 11.7 Å². The maximum atomic E-state index is 12.7. The molecule has 1 heterocycles. The van der Waals surface area contributed by atoms with E-state index >= 15 is 0 Å². The minimum atomic E-state index is -0.975. The summed E-state index contributed by atoms with van der Waals surface area (Å²) in [5.41, 5.74) is -0.594. The molecule has 1 aliphatic heterocycles. The van der Waals surface area contributed by atoms with Crippen molar-refractivity contribution < 1.29 is 14.4 Å². The first-order valence-electron chi connectivity index (χ1n) is 9.45. The zero-order valence-electron chi connectivity index (χ0n) is 15.7. The normalized spacial score (nSPS) is 24.6. The molecule has 0 aromatic heterocycles. The number of ketones is 1. The number of nitriles is 1. The van der Waals surface area contributed by atoms with Gasteiger partial charge < -0.3 is 10.6 Å². The van der Waals surface area contributed by atoms with Crippen molar-refractivity contribution in [3.8, 4) is 6.07 Å². The highest BCUT2D eigenvalue weighted by Gasteiger charge is 2.49. The summed E-state index contributed by atoms with van der Waals surface area (Å²) in [4.78, 5) is 37.3. The number of thioether (sulfide) groups is 1. The van der Waals surface area contributed by atoms with Gasteiger partial charge in [0, 0.05) is 11.2 Å². The highest BCUT2D eigenvalue weighted by Crippen LogP contribution is 2.38. The predicted molar refractivity (Wildman–Crippen MR) is 107 cm³/mol. The Kier molecular flexibility index (Phi) is 6.37. The fourth-order valence-corrected chi connectivity index (χ4v) is 5.05. The fourth-order valence-electron chi connectivity index (χ4n) is 3.92. The molecule has 3 rings (SSSR count). The number of anilines is 1. The molecule has 3 N–H and O–H groups in total. The van der Waals surface area contributed by atoms with E-state index in [1.807, 2.05) is 6.07 Å². The number of carbonyl (C=O) groups is 3.